The largest absolute Gasteiger partial charge is 0.508 e. The van der Waals surface area contributed by atoms with Gasteiger partial charge in [0.15, 0.2) is 17.2 Å². The Bertz CT molecular complexity index is 1510. The molecule has 234 valence electrons. The molecule has 0 spiro atoms. The molecule has 0 heterocycles. The van der Waals surface area contributed by atoms with Crippen LogP contribution in [0.5, 0.6) is 5.75 Å². The van der Waals surface area contributed by atoms with Gasteiger partial charge in [-0.05, 0) is 29.7 Å². The molecule has 4 rings (SSSR count). The Morgan fingerprint density at radius 2 is 1.65 bits per heavy atom. The minimum atomic E-state index is -2.96. The van der Waals surface area contributed by atoms with Crippen molar-refractivity contribution in [2.24, 2.45) is 28.1 Å². The lowest BCUT2D eigenvalue weighted by atomic mass is 9.40. The van der Waals surface area contributed by atoms with Crippen LogP contribution < -0.4 is 0 Å². The van der Waals surface area contributed by atoms with Crippen molar-refractivity contribution in [3.05, 3.63) is 45.7 Å². The predicted molar refractivity (Wildman–Crippen MR) is 156 cm³/mol. The Balaban J connectivity index is 1.98. The Kier molecular flexibility index (Phi) is 7.55. The lowest BCUT2D eigenvalue weighted by Gasteiger charge is -2.63. The van der Waals surface area contributed by atoms with Gasteiger partial charge in [0.2, 0.25) is 5.78 Å². The lowest BCUT2D eigenvalue weighted by molar-refractivity contribution is -0.215. The molecule has 3 aliphatic rings. The van der Waals surface area contributed by atoms with Crippen LogP contribution in [0.3, 0.4) is 0 Å². The average Bonchev–Trinajstić information content (AvgIpc) is 2.88. The molecule has 1 saturated carbocycles. The van der Waals surface area contributed by atoms with E-state index in [0.29, 0.717) is 5.56 Å². The van der Waals surface area contributed by atoms with Gasteiger partial charge in [-0.3, -0.25) is 19.2 Å². The van der Waals surface area contributed by atoms with Crippen LogP contribution in [0.2, 0.25) is 0 Å². The van der Waals surface area contributed by atoms with Crippen LogP contribution in [0.25, 0.3) is 5.76 Å². The summed E-state index contributed by atoms with van der Waals surface area (Å²) in [6.45, 7) is 14.7. The van der Waals surface area contributed by atoms with Crippen molar-refractivity contribution in [3.8, 4) is 5.75 Å². The summed E-state index contributed by atoms with van der Waals surface area (Å²) in [5.74, 6) is -8.45. The van der Waals surface area contributed by atoms with Gasteiger partial charge in [0.1, 0.15) is 22.8 Å². The number of aromatic hydroxyl groups is 1. The van der Waals surface area contributed by atoms with Gasteiger partial charge in [0.25, 0.3) is 0 Å². The average molecular weight is 599 g/mol. The first-order valence-corrected chi connectivity index (χ1v) is 14.5. The third-order valence-corrected chi connectivity index (χ3v) is 9.92. The van der Waals surface area contributed by atoms with Crippen LogP contribution in [0.1, 0.15) is 84.9 Å². The lowest BCUT2D eigenvalue weighted by Crippen LogP contribution is -2.75. The summed E-state index contributed by atoms with van der Waals surface area (Å²) < 4.78 is 5.32. The van der Waals surface area contributed by atoms with Crippen LogP contribution in [0, 0.1) is 28.1 Å². The highest BCUT2D eigenvalue weighted by Gasteiger charge is 2.77. The van der Waals surface area contributed by atoms with Crippen molar-refractivity contribution >= 4 is 29.1 Å². The summed E-state index contributed by atoms with van der Waals surface area (Å²) in [7, 11) is 0. The van der Waals surface area contributed by atoms with E-state index >= 15 is 0 Å². The fourth-order valence-corrected chi connectivity index (χ4v) is 7.62. The first-order chi connectivity index (χ1) is 19.6. The van der Waals surface area contributed by atoms with Crippen LogP contribution in [-0.4, -0.2) is 67.2 Å². The van der Waals surface area contributed by atoms with Crippen LogP contribution in [-0.2, 0) is 30.3 Å². The number of carbonyl (C=O) groups excluding carboxylic acids is 4. The topological polar surface area (TPSA) is 179 Å². The number of Topliss-reactive ketones (excluding diaryl/α,β-unsaturated/α-hetero) is 3. The number of hydrogen-bond donors (Lipinski definition) is 5. The maximum atomic E-state index is 14.5. The molecule has 43 heavy (non-hydrogen) atoms. The predicted octanol–water partition coefficient (Wildman–Crippen LogP) is 3.85. The van der Waals surface area contributed by atoms with Gasteiger partial charge in [0, 0.05) is 22.3 Å². The summed E-state index contributed by atoms with van der Waals surface area (Å²) >= 11 is 0. The molecule has 1 fully saturated rings. The first kappa shape index (κ1) is 32.4. The number of rotatable bonds is 5. The maximum absolute atomic E-state index is 14.5. The van der Waals surface area contributed by atoms with E-state index in [4.69, 9.17) is 4.74 Å². The van der Waals surface area contributed by atoms with E-state index in [0.717, 1.165) is 6.92 Å². The molecule has 0 radical (unpaired) electrons. The Labute approximate surface area is 251 Å². The number of hydrogen-bond acceptors (Lipinski definition) is 10. The van der Waals surface area contributed by atoms with Crippen molar-refractivity contribution in [1.29, 1.82) is 0 Å². The fraction of sp³-hybridized carbons (Fsp3) is 0.576. The molecule has 1 aromatic rings. The Hall–Kier alpha value is -3.50. The summed E-state index contributed by atoms with van der Waals surface area (Å²) in [6.07, 6.45) is -2.03. The van der Waals surface area contributed by atoms with Gasteiger partial charge in [-0.15, -0.1) is 0 Å². The number of aliphatic hydroxyl groups is 4. The second kappa shape index (κ2) is 10.0. The quantitative estimate of drug-likeness (QED) is 0.247. The molecule has 0 aliphatic heterocycles. The van der Waals surface area contributed by atoms with E-state index in [-0.39, 0.29) is 29.6 Å². The molecule has 1 aromatic carbocycles. The summed E-state index contributed by atoms with van der Waals surface area (Å²) in [6, 6.07) is 3.09. The number of esters is 1. The van der Waals surface area contributed by atoms with Crippen molar-refractivity contribution in [3.63, 3.8) is 0 Å². The number of phenols is 1. The minimum absolute atomic E-state index is 0.123. The monoisotopic (exact) mass is 598 g/mol. The molecule has 1 unspecified atom stereocenters. The number of benzene rings is 1. The number of ketones is 3. The SMILES string of the molecule is CC(=O)C1=C(O)[C@]2(O)C(=O)C3=C(O)c4c(ccc(CC(=O)OCC(C)(C)C)c4O)[C@@H](C)[C@]3(C)[C@@H](O)[C@]2(C)C(C(C)C)C1=O. The van der Waals surface area contributed by atoms with Gasteiger partial charge in [-0.2, -0.15) is 0 Å². The van der Waals surface area contributed by atoms with E-state index in [9.17, 15) is 44.7 Å². The molecule has 3 aliphatic carbocycles. The smallest absolute Gasteiger partial charge is 0.310 e. The van der Waals surface area contributed by atoms with Crippen LogP contribution in [0.15, 0.2) is 29.0 Å². The molecular weight excluding hydrogens is 556 g/mol. The van der Waals surface area contributed by atoms with Crippen molar-refractivity contribution in [1.82, 2.24) is 0 Å². The third-order valence-electron chi connectivity index (χ3n) is 9.92. The normalized spacial score (nSPS) is 32.4. The number of ether oxygens (including phenoxy) is 1. The molecule has 0 aromatic heterocycles. The van der Waals surface area contributed by atoms with E-state index in [1.807, 2.05) is 20.8 Å². The Morgan fingerprint density at radius 1 is 1.07 bits per heavy atom. The molecule has 6 atom stereocenters. The first-order valence-electron chi connectivity index (χ1n) is 14.5. The molecular formula is C33H42O10. The molecule has 0 saturated heterocycles. The van der Waals surface area contributed by atoms with E-state index < -0.39 is 92.0 Å². The molecule has 10 heteroatoms. The molecule has 10 nitrogen and oxygen atoms in total. The number of fused-ring (bicyclic) bond motifs is 3. The van der Waals surface area contributed by atoms with E-state index in [1.54, 1.807) is 26.8 Å². The zero-order valence-corrected chi connectivity index (χ0v) is 26.2. The fourth-order valence-electron chi connectivity index (χ4n) is 7.62. The number of allylic oxidation sites excluding steroid dienone is 1. The molecule has 5 N–H and O–H groups in total. The summed E-state index contributed by atoms with van der Waals surface area (Å²) in [5, 5.41) is 58.7. The maximum Gasteiger partial charge on any atom is 0.310 e. The van der Waals surface area contributed by atoms with Gasteiger partial charge < -0.3 is 30.3 Å². The zero-order valence-electron chi connectivity index (χ0n) is 26.2. The Morgan fingerprint density at radius 3 is 2.16 bits per heavy atom. The molecule has 0 amide bonds. The highest BCUT2D eigenvalue weighted by molar-refractivity contribution is 6.24. The van der Waals surface area contributed by atoms with Gasteiger partial charge >= 0.3 is 5.97 Å². The third kappa shape index (κ3) is 4.20. The number of aliphatic hydroxyl groups excluding tert-OH is 3. The second-order valence-corrected chi connectivity index (χ2v) is 14.3. The minimum Gasteiger partial charge on any atom is -0.508 e. The summed E-state index contributed by atoms with van der Waals surface area (Å²) in [5.41, 5.74) is -7.73. The second-order valence-electron chi connectivity index (χ2n) is 14.3. The number of phenolic OH excluding ortho intramolecular Hbond substituents is 1. The van der Waals surface area contributed by atoms with Crippen LogP contribution >= 0.6 is 0 Å². The highest BCUT2D eigenvalue weighted by Crippen LogP contribution is 2.67. The van der Waals surface area contributed by atoms with E-state index in [1.165, 1.54) is 19.9 Å². The van der Waals surface area contributed by atoms with Crippen LogP contribution in [0.4, 0.5) is 0 Å². The standard InChI is InChI=1S/C33H42O10/c1-14(2)22-25(37)20(16(4)34)27(39)33(42)28(40)23-26(38)21-18(15(3)31(23,8)29(41)32(22,33)9)11-10-17(24(21)36)12-19(35)43-13-30(5,6)7/h10-11,14-15,22,29,36,38-39,41-42H,12-13H2,1-9H3/t15-,22?,29-,31+,32+,33+/m1/s1. The highest BCUT2D eigenvalue weighted by atomic mass is 16.5. The number of carbonyl (C=O) groups is 4. The van der Waals surface area contributed by atoms with Gasteiger partial charge in [0.05, 0.1) is 30.3 Å². The van der Waals surface area contributed by atoms with Crippen molar-refractivity contribution in [2.75, 3.05) is 6.61 Å². The molecule has 0 bridgehead atoms. The van der Waals surface area contributed by atoms with Crippen molar-refractivity contribution in [2.45, 2.75) is 86.4 Å². The van der Waals surface area contributed by atoms with E-state index in [2.05, 4.69) is 0 Å². The summed E-state index contributed by atoms with van der Waals surface area (Å²) in [4.78, 5) is 53.2. The zero-order chi connectivity index (χ0) is 32.8. The van der Waals surface area contributed by atoms with Gasteiger partial charge in [-0.25, -0.2) is 0 Å². The van der Waals surface area contributed by atoms with Crippen molar-refractivity contribution < 1.29 is 49.4 Å². The van der Waals surface area contributed by atoms with Gasteiger partial charge in [-0.1, -0.05) is 67.5 Å².